The number of methoxy groups -OCH3 is 1. The van der Waals surface area contributed by atoms with Crippen molar-refractivity contribution >= 4 is 11.6 Å². The highest BCUT2D eigenvalue weighted by atomic mass is 16.5. The second kappa shape index (κ2) is 6.58. The number of anilines is 1. The average molecular weight is 297 g/mol. The number of pyridine rings is 1. The lowest BCUT2D eigenvalue weighted by Gasteiger charge is -2.17. The number of benzene rings is 1. The van der Waals surface area contributed by atoms with Gasteiger partial charge in [0.25, 0.3) is 0 Å². The number of aromatic nitrogens is 1. The Morgan fingerprint density at radius 1 is 1.23 bits per heavy atom. The number of hydrogen-bond acceptors (Lipinski definition) is 4. The molecule has 1 unspecified atom stereocenters. The third-order valence-electron chi connectivity index (χ3n) is 3.79. The molecule has 0 saturated carbocycles. The molecule has 3 rings (SSSR count). The van der Waals surface area contributed by atoms with E-state index in [1.807, 2.05) is 47.4 Å². The molecular formula is C17H19N3O2. The lowest BCUT2D eigenvalue weighted by Crippen LogP contribution is -2.38. The topological polar surface area (TPSA) is 54.5 Å². The maximum absolute atomic E-state index is 12.5. The summed E-state index contributed by atoms with van der Waals surface area (Å²) in [4.78, 5) is 18.6. The summed E-state index contributed by atoms with van der Waals surface area (Å²) in [6.07, 6.45) is 0.803. The molecule has 1 aliphatic rings. The first kappa shape index (κ1) is 14.5. The van der Waals surface area contributed by atoms with Crippen molar-refractivity contribution in [2.45, 2.75) is 19.0 Å². The van der Waals surface area contributed by atoms with Crippen molar-refractivity contribution < 1.29 is 9.53 Å². The van der Waals surface area contributed by atoms with E-state index in [9.17, 15) is 4.79 Å². The normalized spacial score (nSPS) is 17.8. The predicted octanol–water partition coefficient (Wildman–Crippen LogP) is 1.99. The van der Waals surface area contributed by atoms with Crippen molar-refractivity contribution in [2.75, 3.05) is 18.6 Å². The van der Waals surface area contributed by atoms with Gasteiger partial charge in [-0.25, -0.2) is 4.98 Å². The van der Waals surface area contributed by atoms with E-state index in [0.717, 1.165) is 24.3 Å². The number of carbonyl (C=O) groups is 1. The van der Waals surface area contributed by atoms with Crippen molar-refractivity contribution in [1.29, 1.82) is 0 Å². The molecule has 2 aromatic rings. The number of para-hydroxylation sites is 1. The Labute approximate surface area is 129 Å². The number of hydrogen-bond donors (Lipinski definition) is 1. The van der Waals surface area contributed by atoms with Crippen LogP contribution in [0, 0.1) is 0 Å². The molecule has 1 amide bonds. The molecule has 2 heterocycles. The van der Waals surface area contributed by atoms with Gasteiger partial charge in [0.1, 0.15) is 0 Å². The highest BCUT2D eigenvalue weighted by Gasteiger charge is 2.31. The van der Waals surface area contributed by atoms with E-state index in [1.165, 1.54) is 0 Å². The standard InChI is InChI=1S/C17H19N3O2/c1-22-16-9-5-6-13(19-16)12-18-15-10-11-20(17(15)21)14-7-3-2-4-8-14/h2-9,15,18H,10-12H2,1H3. The monoisotopic (exact) mass is 297 g/mol. The van der Waals surface area contributed by atoms with E-state index >= 15 is 0 Å². The van der Waals surface area contributed by atoms with Gasteiger partial charge < -0.3 is 15.0 Å². The van der Waals surface area contributed by atoms with Gasteiger partial charge in [0.15, 0.2) is 0 Å². The van der Waals surface area contributed by atoms with Gasteiger partial charge in [0.05, 0.1) is 18.8 Å². The molecule has 0 radical (unpaired) electrons. The van der Waals surface area contributed by atoms with E-state index in [0.29, 0.717) is 12.4 Å². The summed E-state index contributed by atoms with van der Waals surface area (Å²) >= 11 is 0. The number of carbonyl (C=O) groups excluding carboxylic acids is 1. The first-order valence-electron chi connectivity index (χ1n) is 7.37. The number of nitrogens with zero attached hydrogens (tertiary/aromatic N) is 2. The fraction of sp³-hybridized carbons (Fsp3) is 0.294. The van der Waals surface area contributed by atoms with Crippen LogP contribution in [0.3, 0.4) is 0 Å². The Kier molecular flexibility index (Phi) is 4.34. The Morgan fingerprint density at radius 3 is 2.82 bits per heavy atom. The van der Waals surface area contributed by atoms with Crippen molar-refractivity contribution in [2.24, 2.45) is 0 Å². The van der Waals surface area contributed by atoms with Crippen LogP contribution in [0.1, 0.15) is 12.1 Å². The lowest BCUT2D eigenvalue weighted by atomic mass is 10.2. The average Bonchev–Trinajstić information content (AvgIpc) is 2.95. The van der Waals surface area contributed by atoms with Crippen LogP contribution in [0.15, 0.2) is 48.5 Å². The van der Waals surface area contributed by atoms with Gasteiger partial charge in [-0.3, -0.25) is 4.79 Å². The van der Waals surface area contributed by atoms with Crippen LogP contribution in [0.2, 0.25) is 0 Å². The van der Waals surface area contributed by atoms with E-state index in [1.54, 1.807) is 13.2 Å². The van der Waals surface area contributed by atoms with Crippen molar-refractivity contribution in [3.05, 3.63) is 54.2 Å². The highest BCUT2D eigenvalue weighted by Crippen LogP contribution is 2.21. The Bertz CT molecular complexity index is 645. The summed E-state index contributed by atoms with van der Waals surface area (Å²) in [6, 6.07) is 15.2. The molecule has 5 nitrogen and oxygen atoms in total. The van der Waals surface area contributed by atoms with Gasteiger partial charge in [-0.05, 0) is 24.6 Å². The molecule has 1 aromatic carbocycles. The molecule has 22 heavy (non-hydrogen) atoms. The number of rotatable bonds is 5. The minimum Gasteiger partial charge on any atom is -0.481 e. The quantitative estimate of drug-likeness (QED) is 0.917. The highest BCUT2D eigenvalue weighted by molar-refractivity contribution is 5.99. The van der Waals surface area contributed by atoms with E-state index < -0.39 is 0 Å². The largest absolute Gasteiger partial charge is 0.481 e. The number of ether oxygens (including phenoxy) is 1. The molecule has 1 aliphatic heterocycles. The van der Waals surface area contributed by atoms with Gasteiger partial charge in [-0.1, -0.05) is 24.3 Å². The summed E-state index contributed by atoms with van der Waals surface area (Å²) in [7, 11) is 1.60. The van der Waals surface area contributed by atoms with Crippen LogP contribution < -0.4 is 15.0 Å². The van der Waals surface area contributed by atoms with Gasteiger partial charge in [0, 0.05) is 24.8 Å². The summed E-state index contributed by atoms with van der Waals surface area (Å²) in [5.74, 6) is 0.706. The summed E-state index contributed by atoms with van der Waals surface area (Å²) in [6.45, 7) is 1.29. The first-order chi connectivity index (χ1) is 10.8. The fourth-order valence-corrected chi connectivity index (χ4v) is 2.63. The molecular weight excluding hydrogens is 278 g/mol. The van der Waals surface area contributed by atoms with Crippen LogP contribution in [-0.4, -0.2) is 30.6 Å². The minimum absolute atomic E-state index is 0.120. The molecule has 114 valence electrons. The number of amides is 1. The van der Waals surface area contributed by atoms with Crippen LogP contribution >= 0.6 is 0 Å². The summed E-state index contributed by atoms with van der Waals surface area (Å²) in [5, 5.41) is 3.29. The Hall–Kier alpha value is -2.40. The Morgan fingerprint density at radius 2 is 2.05 bits per heavy atom. The van der Waals surface area contributed by atoms with Crippen LogP contribution in [-0.2, 0) is 11.3 Å². The van der Waals surface area contributed by atoms with Crippen molar-refractivity contribution in [3.63, 3.8) is 0 Å². The first-order valence-corrected chi connectivity index (χ1v) is 7.37. The van der Waals surface area contributed by atoms with Gasteiger partial charge in [0.2, 0.25) is 11.8 Å². The maximum atomic E-state index is 12.5. The van der Waals surface area contributed by atoms with Gasteiger partial charge in [-0.15, -0.1) is 0 Å². The second-order valence-corrected chi connectivity index (χ2v) is 5.22. The van der Waals surface area contributed by atoms with Crippen LogP contribution in [0.4, 0.5) is 5.69 Å². The van der Waals surface area contributed by atoms with E-state index in [-0.39, 0.29) is 11.9 Å². The summed E-state index contributed by atoms with van der Waals surface area (Å²) < 4.78 is 5.11. The van der Waals surface area contributed by atoms with Crippen LogP contribution in [0.25, 0.3) is 0 Å². The third kappa shape index (κ3) is 3.09. The Balaban J connectivity index is 1.61. The minimum atomic E-state index is -0.159. The zero-order valence-electron chi connectivity index (χ0n) is 12.5. The molecule has 1 saturated heterocycles. The molecule has 0 aliphatic carbocycles. The predicted molar refractivity (Wildman–Crippen MR) is 84.8 cm³/mol. The van der Waals surface area contributed by atoms with Crippen molar-refractivity contribution in [1.82, 2.24) is 10.3 Å². The fourth-order valence-electron chi connectivity index (χ4n) is 2.63. The maximum Gasteiger partial charge on any atom is 0.244 e. The summed E-state index contributed by atoms with van der Waals surface area (Å²) in [5.41, 5.74) is 1.82. The van der Waals surface area contributed by atoms with E-state index in [4.69, 9.17) is 4.74 Å². The van der Waals surface area contributed by atoms with Crippen LogP contribution in [0.5, 0.6) is 5.88 Å². The van der Waals surface area contributed by atoms with Gasteiger partial charge >= 0.3 is 0 Å². The zero-order chi connectivity index (χ0) is 15.4. The second-order valence-electron chi connectivity index (χ2n) is 5.22. The molecule has 0 bridgehead atoms. The van der Waals surface area contributed by atoms with Crippen molar-refractivity contribution in [3.8, 4) is 5.88 Å². The van der Waals surface area contributed by atoms with Gasteiger partial charge in [-0.2, -0.15) is 0 Å². The molecule has 5 heteroatoms. The van der Waals surface area contributed by atoms with E-state index in [2.05, 4.69) is 10.3 Å². The lowest BCUT2D eigenvalue weighted by molar-refractivity contribution is -0.118. The zero-order valence-corrected chi connectivity index (χ0v) is 12.5. The molecule has 1 fully saturated rings. The molecule has 1 aromatic heterocycles. The molecule has 1 atom stereocenters. The SMILES string of the molecule is COc1cccc(CNC2CCN(c3ccccc3)C2=O)n1. The number of nitrogens with one attached hydrogen (secondary N) is 1. The molecule has 0 spiro atoms. The molecule has 1 N–H and O–H groups in total. The smallest absolute Gasteiger partial charge is 0.244 e. The third-order valence-corrected chi connectivity index (χ3v) is 3.79.